The zero-order valence-electron chi connectivity index (χ0n) is 5.24. The first-order valence-electron chi connectivity index (χ1n) is 2.85. The first kappa shape index (κ1) is 6.74. The summed E-state index contributed by atoms with van der Waals surface area (Å²) in [6.45, 7) is 0. The topological polar surface area (TPSA) is 47.3 Å². The number of carbonyl (C=O) groups excluding carboxylic acids is 2. The van der Waals surface area contributed by atoms with Crippen LogP contribution in [0.15, 0.2) is 22.8 Å². The van der Waals surface area contributed by atoms with E-state index in [1.165, 1.54) is 12.3 Å². The van der Waals surface area contributed by atoms with Gasteiger partial charge in [0.15, 0.2) is 5.76 Å². The molecule has 0 saturated carbocycles. The van der Waals surface area contributed by atoms with Gasteiger partial charge in [-0.15, -0.1) is 0 Å². The van der Waals surface area contributed by atoms with Gasteiger partial charge in [-0.05, 0) is 12.1 Å². The highest BCUT2D eigenvalue weighted by molar-refractivity contribution is 6.00. The summed E-state index contributed by atoms with van der Waals surface area (Å²) in [7, 11) is 0. The molecule has 3 heteroatoms. The fraction of sp³-hybridized carbons (Fsp3) is 0.143. The minimum absolute atomic E-state index is 0.104. The van der Waals surface area contributed by atoms with Crippen LogP contribution in [0.2, 0.25) is 0 Å². The van der Waals surface area contributed by atoms with Gasteiger partial charge in [0.2, 0.25) is 5.78 Å². The maximum Gasteiger partial charge on any atom is 0.205 e. The van der Waals surface area contributed by atoms with E-state index in [4.69, 9.17) is 4.42 Å². The summed E-state index contributed by atoms with van der Waals surface area (Å²) < 4.78 is 4.74. The normalized spacial score (nSPS) is 9.20. The van der Waals surface area contributed by atoms with Gasteiger partial charge in [-0.3, -0.25) is 4.79 Å². The summed E-state index contributed by atoms with van der Waals surface area (Å²) in [5, 5.41) is 0. The molecule has 0 unspecified atom stereocenters. The number of ketones is 1. The summed E-state index contributed by atoms with van der Waals surface area (Å²) >= 11 is 0. The fourth-order valence-electron chi connectivity index (χ4n) is 0.614. The molecular weight excluding hydrogens is 132 g/mol. The standard InChI is InChI=1S/C7H6O3/c8-4-3-6(9)7-2-1-5-10-7/h1-2,4-5H,3H2. The Morgan fingerprint density at radius 1 is 1.70 bits per heavy atom. The van der Waals surface area contributed by atoms with Crippen molar-refractivity contribution in [3.05, 3.63) is 24.2 Å². The Morgan fingerprint density at radius 2 is 2.50 bits per heavy atom. The summed E-state index contributed by atoms with van der Waals surface area (Å²) in [4.78, 5) is 20.6. The quantitative estimate of drug-likeness (QED) is 0.356. The lowest BCUT2D eigenvalue weighted by atomic mass is 10.2. The van der Waals surface area contributed by atoms with Crippen molar-refractivity contribution in [2.45, 2.75) is 6.42 Å². The molecule has 0 aliphatic rings. The van der Waals surface area contributed by atoms with Gasteiger partial charge in [0.1, 0.15) is 6.29 Å². The molecule has 3 nitrogen and oxygen atoms in total. The van der Waals surface area contributed by atoms with E-state index in [-0.39, 0.29) is 18.0 Å². The summed E-state index contributed by atoms with van der Waals surface area (Å²) in [6.07, 6.45) is 1.86. The van der Waals surface area contributed by atoms with Crippen molar-refractivity contribution in [1.82, 2.24) is 0 Å². The summed E-state index contributed by atoms with van der Waals surface area (Å²) in [5.41, 5.74) is 0. The van der Waals surface area contributed by atoms with Gasteiger partial charge in [0.25, 0.3) is 0 Å². The number of furan rings is 1. The number of rotatable bonds is 3. The first-order valence-corrected chi connectivity index (χ1v) is 2.85. The largest absolute Gasteiger partial charge is 0.461 e. The minimum Gasteiger partial charge on any atom is -0.461 e. The third kappa shape index (κ3) is 1.31. The number of hydrogen-bond acceptors (Lipinski definition) is 3. The van der Waals surface area contributed by atoms with E-state index in [2.05, 4.69) is 0 Å². The molecule has 1 heterocycles. The van der Waals surface area contributed by atoms with E-state index in [0.29, 0.717) is 6.29 Å². The predicted octanol–water partition coefficient (Wildman–Crippen LogP) is 1.05. The van der Waals surface area contributed by atoms with E-state index >= 15 is 0 Å². The van der Waals surface area contributed by atoms with Crippen molar-refractivity contribution < 1.29 is 14.0 Å². The zero-order valence-corrected chi connectivity index (χ0v) is 5.24. The molecule has 0 fully saturated rings. The van der Waals surface area contributed by atoms with Crippen LogP contribution in [0.4, 0.5) is 0 Å². The average Bonchev–Trinajstić information content (AvgIpc) is 2.38. The number of Topliss-reactive ketones (excluding diaryl/α,β-unsaturated/α-hetero) is 1. The van der Waals surface area contributed by atoms with Gasteiger partial charge in [-0.2, -0.15) is 0 Å². The molecule has 0 bridgehead atoms. The highest BCUT2D eigenvalue weighted by atomic mass is 16.3. The fourth-order valence-corrected chi connectivity index (χ4v) is 0.614. The van der Waals surface area contributed by atoms with E-state index in [1.807, 2.05) is 0 Å². The van der Waals surface area contributed by atoms with Gasteiger partial charge in [0, 0.05) is 0 Å². The van der Waals surface area contributed by atoms with Crippen molar-refractivity contribution in [2.75, 3.05) is 0 Å². The molecule has 0 saturated heterocycles. The van der Waals surface area contributed by atoms with Crippen LogP contribution in [-0.4, -0.2) is 12.1 Å². The second-order valence-electron chi connectivity index (χ2n) is 1.77. The highest BCUT2D eigenvalue weighted by Crippen LogP contribution is 2.01. The van der Waals surface area contributed by atoms with Crippen LogP contribution in [0.5, 0.6) is 0 Å². The molecular formula is C7H6O3. The lowest BCUT2D eigenvalue weighted by Crippen LogP contribution is -1.96. The third-order valence-electron chi connectivity index (χ3n) is 1.06. The third-order valence-corrected chi connectivity index (χ3v) is 1.06. The van der Waals surface area contributed by atoms with Gasteiger partial charge in [0.05, 0.1) is 12.7 Å². The van der Waals surface area contributed by atoms with Crippen LogP contribution in [0.3, 0.4) is 0 Å². The van der Waals surface area contributed by atoms with Crippen LogP contribution in [0.25, 0.3) is 0 Å². The average molecular weight is 138 g/mol. The second-order valence-corrected chi connectivity index (χ2v) is 1.77. The molecule has 0 radical (unpaired) electrons. The SMILES string of the molecule is O=CCC(=O)c1ccco1. The van der Waals surface area contributed by atoms with Crippen molar-refractivity contribution in [3.63, 3.8) is 0 Å². The molecule has 52 valence electrons. The second kappa shape index (κ2) is 2.96. The van der Waals surface area contributed by atoms with E-state index in [9.17, 15) is 9.59 Å². The maximum atomic E-state index is 10.8. The van der Waals surface area contributed by atoms with Crippen LogP contribution >= 0.6 is 0 Å². The lowest BCUT2D eigenvalue weighted by Gasteiger charge is -1.85. The van der Waals surface area contributed by atoms with Crippen LogP contribution in [0.1, 0.15) is 17.0 Å². The number of aldehydes is 1. The molecule has 1 aromatic rings. The van der Waals surface area contributed by atoms with Gasteiger partial charge >= 0.3 is 0 Å². The van der Waals surface area contributed by atoms with Crippen molar-refractivity contribution in [1.29, 1.82) is 0 Å². The van der Waals surface area contributed by atoms with Crippen LogP contribution < -0.4 is 0 Å². The molecule has 0 aliphatic heterocycles. The summed E-state index contributed by atoms with van der Waals surface area (Å²) in [5.74, 6) is -0.0351. The van der Waals surface area contributed by atoms with E-state index < -0.39 is 0 Å². The maximum absolute atomic E-state index is 10.8. The Balaban J connectivity index is 2.68. The smallest absolute Gasteiger partial charge is 0.205 e. The molecule has 0 aliphatic carbocycles. The number of hydrogen-bond donors (Lipinski definition) is 0. The van der Waals surface area contributed by atoms with Crippen molar-refractivity contribution in [3.8, 4) is 0 Å². The molecule has 0 aromatic carbocycles. The van der Waals surface area contributed by atoms with Gasteiger partial charge in [-0.25, -0.2) is 0 Å². The molecule has 0 amide bonds. The number of carbonyl (C=O) groups is 2. The molecule has 0 atom stereocenters. The Hall–Kier alpha value is -1.38. The molecule has 1 rings (SSSR count). The summed E-state index contributed by atoms with van der Waals surface area (Å²) in [6, 6.07) is 3.14. The van der Waals surface area contributed by atoms with Gasteiger partial charge < -0.3 is 9.21 Å². The minimum atomic E-state index is -0.278. The monoisotopic (exact) mass is 138 g/mol. The molecule has 10 heavy (non-hydrogen) atoms. The van der Waals surface area contributed by atoms with E-state index in [0.717, 1.165) is 0 Å². The van der Waals surface area contributed by atoms with Crippen molar-refractivity contribution >= 4 is 12.1 Å². The van der Waals surface area contributed by atoms with Crippen LogP contribution in [0, 0.1) is 0 Å². The van der Waals surface area contributed by atoms with E-state index in [1.54, 1.807) is 6.07 Å². The predicted molar refractivity (Wildman–Crippen MR) is 33.7 cm³/mol. The zero-order chi connectivity index (χ0) is 7.40. The molecule has 0 N–H and O–H groups in total. The Morgan fingerprint density at radius 3 is 3.00 bits per heavy atom. The lowest BCUT2D eigenvalue weighted by molar-refractivity contribution is -0.107. The van der Waals surface area contributed by atoms with Crippen LogP contribution in [-0.2, 0) is 4.79 Å². The Bertz CT molecular complexity index is 223. The molecule has 1 aromatic heterocycles. The van der Waals surface area contributed by atoms with Crippen molar-refractivity contribution in [2.24, 2.45) is 0 Å². The molecule has 0 spiro atoms. The van der Waals surface area contributed by atoms with Gasteiger partial charge in [-0.1, -0.05) is 0 Å². The first-order chi connectivity index (χ1) is 4.84. The Kier molecular flexibility index (Phi) is 1.99. The Labute approximate surface area is 57.6 Å². The highest BCUT2D eigenvalue weighted by Gasteiger charge is 2.05.